The van der Waals surface area contributed by atoms with Crippen molar-refractivity contribution in [1.29, 1.82) is 0 Å². The molecule has 0 aliphatic rings. The van der Waals surface area contributed by atoms with Crippen LogP contribution in [-0.4, -0.2) is 14.4 Å². The number of hydrogen-bond acceptors (Lipinski definition) is 3. The predicted octanol–water partition coefficient (Wildman–Crippen LogP) is 1.12. The van der Waals surface area contributed by atoms with Gasteiger partial charge in [-0.25, -0.2) is 0 Å². The van der Waals surface area contributed by atoms with Crippen molar-refractivity contribution in [2.24, 2.45) is 0 Å². The van der Waals surface area contributed by atoms with Crippen molar-refractivity contribution in [2.75, 3.05) is 0 Å². The van der Waals surface area contributed by atoms with Crippen LogP contribution >= 0.6 is 0 Å². The molecule has 2 rings (SSSR count). The maximum absolute atomic E-state index is 11.7. The van der Waals surface area contributed by atoms with Crippen LogP contribution < -0.4 is 11.1 Å². The van der Waals surface area contributed by atoms with E-state index in [9.17, 15) is 9.59 Å². The molecule has 2 aromatic rings. The Kier molecular flexibility index (Phi) is 2.61. The summed E-state index contributed by atoms with van der Waals surface area (Å²) in [6, 6.07) is 0. The Balaban J connectivity index is 2.95. The van der Waals surface area contributed by atoms with Crippen LogP contribution in [0.4, 0.5) is 0 Å². The molecule has 1 N–H and O–H groups in total. The SMILES string of the molecule is Cc1c(C)n2cc(C(C)C)c(=O)nc2[nH]c1=O. The van der Waals surface area contributed by atoms with E-state index in [0.717, 1.165) is 5.69 Å². The number of rotatable bonds is 1. The first-order valence-corrected chi connectivity index (χ1v) is 5.54. The molecule has 0 aliphatic heterocycles. The number of aryl methyl sites for hydroxylation is 1. The molecule has 0 saturated heterocycles. The van der Waals surface area contributed by atoms with Crippen LogP contribution in [0.3, 0.4) is 0 Å². The van der Waals surface area contributed by atoms with E-state index in [-0.39, 0.29) is 17.0 Å². The highest BCUT2D eigenvalue weighted by Gasteiger charge is 2.10. The van der Waals surface area contributed by atoms with E-state index in [1.54, 1.807) is 17.5 Å². The largest absolute Gasteiger partial charge is 0.292 e. The summed E-state index contributed by atoms with van der Waals surface area (Å²) in [5, 5.41) is 0. The van der Waals surface area contributed by atoms with E-state index in [0.29, 0.717) is 16.9 Å². The van der Waals surface area contributed by atoms with Gasteiger partial charge in [-0.2, -0.15) is 4.98 Å². The number of hydrogen-bond donors (Lipinski definition) is 1. The first-order valence-electron chi connectivity index (χ1n) is 5.54. The molecule has 90 valence electrons. The lowest BCUT2D eigenvalue weighted by molar-refractivity contribution is 0.811. The molecule has 5 nitrogen and oxygen atoms in total. The summed E-state index contributed by atoms with van der Waals surface area (Å²) in [5.74, 6) is 0.408. The van der Waals surface area contributed by atoms with E-state index in [1.165, 1.54) is 0 Å². The average Bonchev–Trinajstić information content (AvgIpc) is 2.25. The quantitative estimate of drug-likeness (QED) is 0.802. The van der Waals surface area contributed by atoms with Gasteiger partial charge in [0.05, 0.1) is 0 Å². The molecule has 0 unspecified atom stereocenters. The zero-order valence-corrected chi connectivity index (χ0v) is 10.4. The third kappa shape index (κ3) is 1.77. The van der Waals surface area contributed by atoms with E-state index in [4.69, 9.17) is 0 Å². The van der Waals surface area contributed by atoms with Crippen LogP contribution in [0.5, 0.6) is 0 Å². The Morgan fingerprint density at radius 1 is 1.29 bits per heavy atom. The van der Waals surface area contributed by atoms with Crippen LogP contribution in [0.15, 0.2) is 15.8 Å². The number of aromatic amines is 1. The van der Waals surface area contributed by atoms with Crippen molar-refractivity contribution in [2.45, 2.75) is 33.6 Å². The highest BCUT2D eigenvalue weighted by molar-refractivity contribution is 5.34. The first-order chi connectivity index (χ1) is 7.91. The lowest BCUT2D eigenvalue weighted by atomic mass is 10.1. The molecule has 0 radical (unpaired) electrons. The molecule has 17 heavy (non-hydrogen) atoms. The van der Waals surface area contributed by atoms with Crippen LogP contribution in [0, 0.1) is 13.8 Å². The zero-order valence-electron chi connectivity index (χ0n) is 10.4. The molecule has 0 fully saturated rings. The molecular formula is C12H15N3O2. The van der Waals surface area contributed by atoms with Crippen molar-refractivity contribution < 1.29 is 0 Å². The summed E-state index contributed by atoms with van der Waals surface area (Å²) in [7, 11) is 0. The van der Waals surface area contributed by atoms with E-state index >= 15 is 0 Å². The smallest absolute Gasteiger partial charge is 0.277 e. The monoisotopic (exact) mass is 233 g/mol. The summed E-state index contributed by atoms with van der Waals surface area (Å²) in [6.45, 7) is 7.48. The summed E-state index contributed by atoms with van der Waals surface area (Å²) in [4.78, 5) is 29.8. The second-order valence-corrected chi connectivity index (χ2v) is 4.51. The molecule has 0 aromatic carbocycles. The molecule has 0 atom stereocenters. The van der Waals surface area contributed by atoms with Crippen LogP contribution in [-0.2, 0) is 0 Å². The number of aromatic nitrogens is 3. The maximum Gasteiger partial charge on any atom is 0.277 e. The Bertz CT molecular complexity index is 695. The summed E-state index contributed by atoms with van der Waals surface area (Å²) in [5.41, 5.74) is 1.61. The number of H-pyrrole nitrogens is 1. The Labute approximate surface area is 98.1 Å². The summed E-state index contributed by atoms with van der Waals surface area (Å²) < 4.78 is 1.76. The molecule has 0 bridgehead atoms. The van der Waals surface area contributed by atoms with Crippen LogP contribution in [0.1, 0.15) is 36.6 Å². The van der Waals surface area contributed by atoms with E-state index in [2.05, 4.69) is 9.97 Å². The molecule has 2 heterocycles. The van der Waals surface area contributed by atoms with Crippen LogP contribution in [0.2, 0.25) is 0 Å². The lowest BCUT2D eigenvalue weighted by Gasteiger charge is -2.10. The molecule has 2 aromatic heterocycles. The highest BCUT2D eigenvalue weighted by atomic mass is 16.1. The van der Waals surface area contributed by atoms with Crippen molar-refractivity contribution in [3.05, 3.63) is 43.7 Å². The normalized spacial score (nSPS) is 11.4. The van der Waals surface area contributed by atoms with Gasteiger partial charge in [-0.05, 0) is 19.8 Å². The zero-order chi connectivity index (χ0) is 12.7. The van der Waals surface area contributed by atoms with E-state index in [1.807, 2.05) is 20.8 Å². The number of fused-ring (bicyclic) bond motifs is 1. The highest BCUT2D eigenvalue weighted by Crippen LogP contribution is 2.10. The minimum Gasteiger partial charge on any atom is -0.292 e. The number of nitrogens with one attached hydrogen (secondary N) is 1. The van der Waals surface area contributed by atoms with Gasteiger partial charge in [-0.15, -0.1) is 0 Å². The van der Waals surface area contributed by atoms with Gasteiger partial charge in [0, 0.05) is 23.0 Å². The molecular weight excluding hydrogens is 218 g/mol. The third-order valence-corrected chi connectivity index (χ3v) is 3.04. The summed E-state index contributed by atoms with van der Waals surface area (Å²) in [6.07, 6.45) is 1.76. The summed E-state index contributed by atoms with van der Waals surface area (Å²) >= 11 is 0. The average molecular weight is 233 g/mol. The standard InChI is InChI=1S/C12H15N3O2/c1-6(2)9-5-15-8(4)7(3)10(16)13-12(15)14-11(9)17/h5-6H,1-4H3,(H,13,14,16,17). The van der Waals surface area contributed by atoms with Gasteiger partial charge in [-0.1, -0.05) is 13.8 Å². The third-order valence-electron chi connectivity index (χ3n) is 3.04. The van der Waals surface area contributed by atoms with Crippen molar-refractivity contribution in [3.8, 4) is 0 Å². The molecule has 0 spiro atoms. The minimum absolute atomic E-state index is 0.110. The van der Waals surface area contributed by atoms with Gasteiger partial charge < -0.3 is 0 Å². The fourth-order valence-electron chi connectivity index (χ4n) is 1.75. The molecule has 0 saturated carbocycles. The van der Waals surface area contributed by atoms with Gasteiger partial charge in [0.25, 0.3) is 11.1 Å². The fraction of sp³-hybridized carbons (Fsp3) is 0.417. The molecule has 0 aliphatic carbocycles. The lowest BCUT2D eigenvalue weighted by Crippen LogP contribution is -2.23. The predicted molar refractivity (Wildman–Crippen MR) is 65.6 cm³/mol. The second-order valence-electron chi connectivity index (χ2n) is 4.51. The van der Waals surface area contributed by atoms with Gasteiger partial charge >= 0.3 is 0 Å². The van der Waals surface area contributed by atoms with Gasteiger partial charge in [0.2, 0.25) is 5.78 Å². The Hall–Kier alpha value is -1.91. The van der Waals surface area contributed by atoms with Gasteiger partial charge in [-0.3, -0.25) is 19.0 Å². The molecule has 5 heteroatoms. The van der Waals surface area contributed by atoms with Crippen molar-refractivity contribution in [3.63, 3.8) is 0 Å². The van der Waals surface area contributed by atoms with Crippen LogP contribution in [0.25, 0.3) is 5.78 Å². The fourth-order valence-corrected chi connectivity index (χ4v) is 1.75. The van der Waals surface area contributed by atoms with Crippen molar-refractivity contribution in [1.82, 2.24) is 14.4 Å². The van der Waals surface area contributed by atoms with Gasteiger partial charge in [0.1, 0.15) is 0 Å². The van der Waals surface area contributed by atoms with Crippen molar-refractivity contribution >= 4 is 5.78 Å². The van der Waals surface area contributed by atoms with Gasteiger partial charge in [0.15, 0.2) is 0 Å². The topological polar surface area (TPSA) is 67.2 Å². The maximum atomic E-state index is 11.7. The second kappa shape index (κ2) is 3.84. The minimum atomic E-state index is -0.279. The Morgan fingerprint density at radius 2 is 1.94 bits per heavy atom. The van der Waals surface area contributed by atoms with E-state index < -0.39 is 0 Å². The number of nitrogens with zero attached hydrogens (tertiary/aromatic N) is 2. The first kappa shape index (κ1) is 11.6. The molecule has 0 amide bonds. The Morgan fingerprint density at radius 3 is 2.53 bits per heavy atom.